The van der Waals surface area contributed by atoms with Gasteiger partial charge in [0.15, 0.2) is 0 Å². The first-order chi connectivity index (χ1) is 15.2. The molecule has 2 aromatic heterocycles. The number of aromatic nitrogens is 3. The summed E-state index contributed by atoms with van der Waals surface area (Å²) in [5.74, 6) is -4.20. The molecule has 2 heterocycles. The fraction of sp³-hybridized carbons (Fsp3) is 0.250. The number of aromatic amines is 1. The van der Waals surface area contributed by atoms with Gasteiger partial charge in [-0.25, -0.2) is 4.79 Å². The summed E-state index contributed by atoms with van der Waals surface area (Å²) in [4.78, 5) is 44.9. The molecule has 1 unspecified atom stereocenters. The molecule has 0 saturated heterocycles. The summed E-state index contributed by atoms with van der Waals surface area (Å²) in [5, 5.41) is 40.6. The number of anilines is 1. The molecule has 1 aromatic carbocycles. The minimum absolute atomic E-state index is 0.109. The van der Waals surface area contributed by atoms with Gasteiger partial charge >= 0.3 is 11.9 Å². The molecule has 0 aliphatic rings. The molecule has 3 aromatic rings. The Labute approximate surface area is 180 Å². The smallest absolute Gasteiger partial charge is 0.326 e. The van der Waals surface area contributed by atoms with Gasteiger partial charge in [-0.05, 0) is 29.7 Å². The molecule has 0 aliphatic heterocycles. The van der Waals surface area contributed by atoms with Gasteiger partial charge in [0.05, 0.1) is 12.0 Å². The Hall–Kier alpha value is -4.19. The Bertz CT molecular complexity index is 1160. The normalized spacial score (nSPS) is 12.9. The number of benzene rings is 1. The van der Waals surface area contributed by atoms with Crippen LogP contribution in [0.2, 0.25) is 0 Å². The van der Waals surface area contributed by atoms with E-state index in [2.05, 4.69) is 20.3 Å². The lowest BCUT2D eigenvalue weighted by molar-refractivity contribution is -0.140. The predicted molar refractivity (Wildman–Crippen MR) is 111 cm³/mol. The molecule has 0 aliphatic carbocycles. The van der Waals surface area contributed by atoms with Crippen LogP contribution in [0, 0.1) is 0 Å². The minimum atomic E-state index is -1.34. The van der Waals surface area contributed by atoms with Crippen LogP contribution >= 0.6 is 0 Å². The topological polar surface area (TPSA) is 212 Å². The van der Waals surface area contributed by atoms with Gasteiger partial charge in [-0.1, -0.05) is 12.1 Å². The maximum atomic E-state index is 12.4. The van der Waals surface area contributed by atoms with Crippen molar-refractivity contribution in [2.24, 2.45) is 0 Å². The fourth-order valence-corrected chi connectivity index (χ4v) is 3.35. The highest BCUT2D eigenvalue weighted by Crippen LogP contribution is 2.34. The molecule has 0 radical (unpaired) electrons. The molecule has 8 N–H and O–H groups in total. The molecule has 12 heteroatoms. The third kappa shape index (κ3) is 4.75. The number of carbonyl (C=O) groups excluding carboxylic acids is 1. The Balaban J connectivity index is 1.81. The Morgan fingerprint density at radius 1 is 1.12 bits per heavy atom. The molecule has 12 nitrogen and oxygen atoms in total. The van der Waals surface area contributed by atoms with E-state index >= 15 is 0 Å². The molecule has 1 amide bonds. The summed E-state index contributed by atoms with van der Waals surface area (Å²) in [6.45, 7) is -0.321. The van der Waals surface area contributed by atoms with E-state index in [0.29, 0.717) is 22.2 Å². The quantitative estimate of drug-likeness (QED) is 0.242. The number of fused-ring (bicyclic) bond motifs is 1. The molecule has 0 saturated carbocycles. The number of nitrogens with zero attached hydrogens (tertiary/aromatic N) is 2. The van der Waals surface area contributed by atoms with E-state index in [1.54, 1.807) is 18.3 Å². The average molecular weight is 443 g/mol. The van der Waals surface area contributed by atoms with Gasteiger partial charge < -0.3 is 36.5 Å². The monoisotopic (exact) mass is 443 g/mol. The van der Waals surface area contributed by atoms with Crippen molar-refractivity contribution >= 4 is 34.8 Å². The number of hydrogen-bond donors (Lipinski definition) is 7. The lowest BCUT2D eigenvalue weighted by Gasteiger charge is -2.16. The summed E-state index contributed by atoms with van der Waals surface area (Å²) >= 11 is 0. The van der Waals surface area contributed by atoms with E-state index in [-0.39, 0.29) is 30.4 Å². The number of nitrogens with two attached hydrogens (primary N) is 1. The second-order valence-corrected chi connectivity index (χ2v) is 7.03. The number of nitrogens with one attached hydrogen (secondary N) is 2. The number of carboxylic acid groups (broad SMARTS) is 2. The Morgan fingerprint density at radius 3 is 2.41 bits per heavy atom. The minimum Gasteiger partial charge on any atom is -0.493 e. The van der Waals surface area contributed by atoms with Crippen molar-refractivity contribution in [2.75, 3.05) is 12.3 Å². The molecule has 3 rings (SSSR count). The summed E-state index contributed by atoms with van der Waals surface area (Å²) in [6, 6.07) is 4.72. The van der Waals surface area contributed by atoms with E-state index in [1.807, 2.05) is 0 Å². The first-order valence-corrected chi connectivity index (χ1v) is 9.51. The lowest BCUT2D eigenvalue weighted by atomic mass is 9.91. The number of amides is 1. The standard InChI is InChI=1S/C20H21N5O7/c21-20-24-16-15(18(30)25-20)11(7-22-16)12(8-26)9-1-3-10(4-2-9)17(29)23-13(19(31)32)5-6-14(27)28/h1-4,7,12-13,26H,5-6,8H2,(H,23,29)(H,27,28)(H,31,32)(H4,21,22,24,25,30)/t12?,13-/m0/s1. The molecule has 0 bridgehead atoms. The second kappa shape index (κ2) is 9.31. The number of carboxylic acids is 2. The van der Waals surface area contributed by atoms with Crippen molar-refractivity contribution in [1.82, 2.24) is 20.3 Å². The Kier molecular flexibility index (Phi) is 6.54. The average Bonchev–Trinajstić information content (AvgIpc) is 3.15. The fourth-order valence-electron chi connectivity index (χ4n) is 3.35. The van der Waals surface area contributed by atoms with Crippen molar-refractivity contribution in [3.8, 4) is 5.88 Å². The number of rotatable bonds is 9. The first-order valence-electron chi connectivity index (χ1n) is 9.51. The van der Waals surface area contributed by atoms with Crippen LogP contribution in [0.5, 0.6) is 5.88 Å². The molecule has 168 valence electrons. The number of carbonyl (C=O) groups is 3. The van der Waals surface area contributed by atoms with Gasteiger partial charge in [-0.3, -0.25) is 9.59 Å². The van der Waals surface area contributed by atoms with E-state index in [9.17, 15) is 29.7 Å². The van der Waals surface area contributed by atoms with Crippen molar-refractivity contribution in [1.29, 1.82) is 0 Å². The molecular formula is C20H21N5O7. The largest absolute Gasteiger partial charge is 0.493 e. The molecule has 2 atom stereocenters. The zero-order chi connectivity index (χ0) is 23.4. The zero-order valence-electron chi connectivity index (χ0n) is 16.6. The van der Waals surface area contributed by atoms with Crippen molar-refractivity contribution in [3.63, 3.8) is 0 Å². The second-order valence-electron chi connectivity index (χ2n) is 7.03. The maximum absolute atomic E-state index is 12.4. The van der Waals surface area contributed by atoms with Gasteiger partial charge in [-0.15, -0.1) is 0 Å². The number of nitrogen functional groups attached to an aromatic ring is 1. The number of aromatic hydroxyl groups is 1. The maximum Gasteiger partial charge on any atom is 0.326 e. The zero-order valence-corrected chi connectivity index (χ0v) is 16.6. The van der Waals surface area contributed by atoms with Crippen LogP contribution in [0.4, 0.5) is 5.95 Å². The van der Waals surface area contributed by atoms with E-state index < -0.39 is 36.2 Å². The third-order valence-electron chi connectivity index (χ3n) is 4.94. The number of aliphatic carboxylic acids is 2. The Morgan fingerprint density at radius 2 is 1.81 bits per heavy atom. The van der Waals surface area contributed by atoms with Crippen molar-refractivity contribution < 1.29 is 34.8 Å². The van der Waals surface area contributed by atoms with Crippen LogP contribution in [0.3, 0.4) is 0 Å². The van der Waals surface area contributed by atoms with E-state index in [0.717, 1.165) is 0 Å². The van der Waals surface area contributed by atoms with Crippen molar-refractivity contribution in [2.45, 2.75) is 24.8 Å². The highest BCUT2D eigenvalue weighted by Gasteiger charge is 2.23. The van der Waals surface area contributed by atoms with Gasteiger partial charge in [0.25, 0.3) is 5.91 Å². The van der Waals surface area contributed by atoms with Crippen molar-refractivity contribution in [3.05, 3.63) is 47.2 Å². The molecular weight excluding hydrogens is 422 g/mol. The molecule has 32 heavy (non-hydrogen) atoms. The van der Waals surface area contributed by atoms with Gasteiger partial charge in [-0.2, -0.15) is 9.97 Å². The van der Waals surface area contributed by atoms with Gasteiger partial charge in [0, 0.05) is 24.1 Å². The predicted octanol–water partition coefficient (Wildman–Crippen LogP) is 0.418. The summed E-state index contributed by atoms with van der Waals surface area (Å²) in [6.07, 6.45) is 0.916. The van der Waals surface area contributed by atoms with Crippen LogP contribution in [-0.2, 0) is 9.59 Å². The number of aliphatic hydroxyl groups excluding tert-OH is 1. The number of hydrogen-bond acceptors (Lipinski definition) is 8. The van der Waals surface area contributed by atoms with Crippen LogP contribution in [0.15, 0.2) is 30.5 Å². The first kappa shape index (κ1) is 22.5. The molecule has 0 fully saturated rings. The van der Waals surface area contributed by atoms with Gasteiger partial charge in [0.1, 0.15) is 11.7 Å². The number of aliphatic hydroxyl groups is 1. The van der Waals surface area contributed by atoms with Crippen LogP contribution in [0.25, 0.3) is 11.0 Å². The highest BCUT2D eigenvalue weighted by molar-refractivity contribution is 5.96. The van der Waals surface area contributed by atoms with Crippen LogP contribution in [-0.4, -0.2) is 65.9 Å². The lowest BCUT2D eigenvalue weighted by Crippen LogP contribution is -2.41. The summed E-state index contributed by atoms with van der Waals surface area (Å²) < 4.78 is 0. The van der Waals surface area contributed by atoms with Gasteiger partial charge in [0.2, 0.25) is 11.8 Å². The van der Waals surface area contributed by atoms with E-state index in [1.165, 1.54) is 12.1 Å². The van der Waals surface area contributed by atoms with Crippen LogP contribution in [0.1, 0.15) is 40.2 Å². The summed E-state index contributed by atoms with van der Waals surface area (Å²) in [7, 11) is 0. The van der Waals surface area contributed by atoms with Crippen LogP contribution < -0.4 is 11.1 Å². The SMILES string of the molecule is Nc1nc(O)c2c(C(CO)c3ccc(C(=O)N[C@@H](CCC(=O)O)C(=O)O)cc3)c[nH]c2n1. The number of H-pyrrole nitrogens is 1. The molecule has 0 spiro atoms. The summed E-state index contributed by atoms with van der Waals surface area (Å²) in [5.41, 5.74) is 7.13. The highest BCUT2D eigenvalue weighted by atomic mass is 16.4. The van der Waals surface area contributed by atoms with E-state index in [4.69, 9.17) is 10.8 Å². The third-order valence-corrected chi connectivity index (χ3v) is 4.94.